The predicted molar refractivity (Wildman–Crippen MR) is 79.0 cm³/mol. The molecule has 21 heavy (non-hydrogen) atoms. The van der Waals surface area contributed by atoms with E-state index in [1.807, 2.05) is 42.5 Å². The third-order valence-corrected chi connectivity index (χ3v) is 3.06. The highest BCUT2D eigenvalue weighted by Gasteiger charge is 2.19. The minimum atomic E-state index is -0.792. The second-order valence-electron chi connectivity index (χ2n) is 4.52. The molecule has 0 bridgehead atoms. The maximum Gasteiger partial charge on any atom is 0.242 e. The quantitative estimate of drug-likeness (QED) is 0.932. The highest BCUT2D eigenvalue weighted by Crippen LogP contribution is 2.16. The van der Waals surface area contributed by atoms with E-state index >= 15 is 0 Å². The van der Waals surface area contributed by atoms with Crippen LogP contribution in [0, 0.1) is 28.6 Å². The molecule has 0 radical (unpaired) electrons. The Balaban J connectivity index is 2.11. The van der Waals surface area contributed by atoms with Gasteiger partial charge in [0, 0.05) is 0 Å². The Hall–Kier alpha value is -3.11. The Morgan fingerprint density at radius 3 is 2.38 bits per heavy atom. The zero-order valence-corrected chi connectivity index (χ0v) is 11.3. The van der Waals surface area contributed by atoms with Gasteiger partial charge >= 0.3 is 0 Å². The van der Waals surface area contributed by atoms with Crippen molar-refractivity contribution in [2.24, 2.45) is 5.92 Å². The zero-order chi connectivity index (χ0) is 15.1. The number of hydrogen-bond acceptors (Lipinski definition) is 3. The fourth-order valence-electron chi connectivity index (χ4n) is 1.96. The molecule has 0 aliphatic heterocycles. The molecule has 102 valence electrons. The number of hydrogen-bond donors (Lipinski definition) is 1. The summed E-state index contributed by atoms with van der Waals surface area (Å²) in [5.41, 5.74) is 1.73. The van der Waals surface area contributed by atoms with Gasteiger partial charge < -0.3 is 5.32 Å². The minimum Gasteiger partial charge on any atom is -0.324 e. The van der Waals surface area contributed by atoms with E-state index in [2.05, 4.69) is 5.32 Å². The summed E-state index contributed by atoms with van der Waals surface area (Å²) < 4.78 is 0. The van der Waals surface area contributed by atoms with Crippen LogP contribution in [0.3, 0.4) is 0 Å². The Labute approximate surface area is 123 Å². The fourth-order valence-corrected chi connectivity index (χ4v) is 1.96. The number of carbonyl (C=O) groups excluding carboxylic acids is 1. The van der Waals surface area contributed by atoms with Crippen molar-refractivity contribution >= 4 is 11.6 Å². The molecular weight excluding hydrogens is 262 g/mol. The monoisotopic (exact) mass is 275 g/mol. The molecule has 1 amide bonds. The zero-order valence-electron chi connectivity index (χ0n) is 11.3. The Bertz CT molecular complexity index is 711. The third-order valence-electron chi connectivity index (χ3n) is 3.06. The standard InChI is InChI=1S/C17H13N3O/c18-11-14-8-4-5-9-16(14)20-17(21)15(12-19)10-13-6-2-1-3-7-13/h1-9,15H,10H2,(H,20,21). The van der Waals surface area contributed by atoms with Crippen LogP contribution < -0.4 is 5.32 Å². The molecule has 2 aromatic rings. The van der Waals surface area contributed by atoms with Gasteiger partial charge in [-0.05, 0) is 24.1 Å². The van der Waals surface area contributed by atoms with E-state index in [4.69, 9.17) is 5.26 Å². The van der Waals surface area contributed by atoms with Gasteiger partial charge in [-0.15, -0.1) is 0 Å². The van der Waals surface area contributed by atoms with Crippen molar-refractivity contribution in [1.82, 2.24) is 0 Å². The first-order valence-corrected chi connectivity index (χ1v) is 6.48. The van der Waals surface area contributed by atoms with Crippen LogP contribution in [0.1, 0.15) is 11.1 Å². The smallest absolute Gasteiger partial charge is 0.242 e. The van der Waals surface area contributed by atoms with Crippen molar-refractivity contribution in [3.05, 3.63) is 65.7 Å². The first-order chi connectivity index (χ1) is 10.2. The second-order valence-corrected chi connectivity index (χ2v) is 4.52. The van der Waals surface area contributed by atoms with E-state index in [-0.39, 0.29) is 0 Å². The molecule has 0 spiro atoms. The lowest BCUT2D eigenvalue weighted by Crippen LogP contribution is -2.23. The number of nitriles is 2. The minimum absolute atomic E-state index is 0.345. The highest BCUT2D eigenvalue weighted by atomic mass is 16.1. The summed E-state index contributed by atoms with van der Waals surface area (Å²) in [6.07, 6.45) is 0.345. The summed E-state index contributed by atoms with van der Waals surface area (Å²) in [7, 11) is 0. The van der Waals surface area contributed by atoms with E-state index < -0.39 is 11.8 Å². The lowest BCUT2D eigenvalue weighted by atomic mass is 9.99. The van der Waals surface area contributed by atoms with Crippen LogP contribution in [0.25, 0.3) is 0 Å². The van der Waals surface area contributed by atoms with Gasteiger partial charge in [-0.2, -0.15) is 10.5 Å². The first-order valence-electron chi connectivity index (χ1n) is 6.48. The third kappa shape index (κ3) is 3.68. The average Bonchev–Trinajstić information content (AvgIpc) is 2.54. The van der Waals surface area contributed by atoms with Gasteiger partial charge in [0.2, 0.25) is 5.91 Å². The largest absolute Gasteiger partial charge is 0.324 e. The van der Waals surface area contributed by atoms with E-state index in [1.54, 1.807) is 24.3 Å². The predicted octanol–water partition coefficient (Wildman–Crippen LogP) is 2.88. The van der Waals surface area contributed by atoms with Crippen LogP contribution in [0.4, 0.5) is 5.69 Å². The number of anilines is 1. The summed E-state index contributed by atoms with van der Waals surface area (Å²) >= 11 is 0. The number of nitrogens with zero attached hydrogens (tertiary/aromatic N) is 2. The molecule has 1 N–H and O–H groups in total. The average molecular weight is 275 g/mol. The summed E-state index contributed by atoms with van der Waals surface area (Å²) in [5, 5.41) is 20.8. The maximum absolute atomic E-state index is 12.2. The molecule has 1 unspecified atom stereocenters. The number of amides is 1. The Morgan fingerprint density at radius 1 is 1.05 bits per heavy atom. The van der Waals surface area contributed by atoms with Crippen LogP contribution in [0.15, 0.2) is 54.6 Å². The number of para-hydroxylation sites is 1. The molecule has 2 rings (SSSR count). The van der Waals surface area contributed by atoms with E-state index in [0.29, 0.717) is 17.7 Å². The van der Waals surface area contributed by atoms with E-state index in [1.165, 1.54) is 0 Å². The second kappa shape index (κ2) is 6.88. The molecule has 0 aromatic heterocycles. The van der Waals surface area contributed by atoms with Crippen molar-refractivity contribution < 1.29 is 4.79 Å². The molecule has 0 aliphatic rings. The molecule has 2 aromatic carbocycles. The topological polar surface area (TPSA) is 76.7 Å². The number of benzene rings is 2. The molecule has 0 saturated carbocycles. The van der Waals surface area contributed by atoms with Crippen molar-refractivity contribution in [3.63, 3.8) is 0 Å². The van der Waals surface area contributed by atoms with Crippen molar-refractivity contribution in [1.29, 1.82) is 10.5 Å². The summed E-state index contributed by atoms with van der Waals surface area (Å²) in [6, 6.07) is 20.1. The SMILES string of the molecule is N#Cc1ccccc1NC(=O)C(C#N)Cc1ccccc1. The van der Waals surface area contributed by atoms with Crippen molar-refractivity contribution in [3.8, 4) is 12.1 Å². The van der Waals surface area contributed by atoms with Gasteiger partial charge in [0.1, 0.15) is 12.0 Å². The summed E-state index contributed by atoms with van der Waals surface area (Å²) in [6.45, 7) is 0. The van der Waals surface area contributed by atoms with Gasteiger partial charge in [0.15, 0.2) is 0 Å². The van der Waals surface area contributed by atoms with E-state index in [9.17, 15) is 10.1 Å². The highest BCUT2D eigenvalue weighted by molar-refractivity contribution is 5.95. The first kappa shape index (κ1) is 14.3. The lowest BCUT2D eigenvalue weighted by molar-refractivity contribution is -0.118. The Kier molecular flexibility index (Phi) is 4.69. The van der Waals surface area contributed by atoms with Gasteiger partial charge in [0.05, 0.1) is 17.3 Å². The molecule has 4 heteroatoms. The van der Waals surface area contributed by atoms with Gasteiger partial charge in [0.25, 0.3) is 0 Å². The number of rotatable bonds is 4. The molecule has 0 fully saturated rings. The van der Waals surface area contributed by atoms with E-state index in [0.717, 1.165) is 5.56 Å². The molecular formula is C17H13N3O. The van der Waals surface area contributed by atoms with Crippen LogP contribution in [0.5, 0.6) is 0 Å². The normalized spacial score (nSPS) is 11.0. The fraction of sp³-hybridized carbons (Fsp3) is 0.118. The van der Waals surface area contributed by atoms with Gasteiger partial charge in [-0.25, -0.2) is 0 Å². The maximum atomic E-state index is 12.2. The molecule has 0 heterocycles. The van der Waals surface area contributed by atoms with Gasteiger partial charge in [-0.1, -0.05) is 42.5 Å². The summed E-state index contributed by atoms with van der Waals surface area (Å²) in [5.74, 6) is -1.19. The molecule has 0 aliphatic carbocycles. The number of carbonyl (C=O) groups is 1. The van der Waals surface area contributed by atoms with Crippen molar-refractivity contribution in [2.45, 2.75) is 6.42 Å². The number of nitrogens with one attached hydrogen (secondary N) is 1. The summed E-state index contributed by atoms with van der Waals surface area (Å²) in [4.78, 5) is 12.2. The Morgan fingerprint density at radius 2 is 1.71 bits per heavy atom. The van der Waals surface area contributed by atoms with Crippen LogP contribution in [0.2, 0.25) is 0 Å². The molecule has 4 nitrogen and oxygen atoms in total. The molecule has 0 saturated heterocycles. The van der Waals surface area contributed by atoms with Crippen LogP contribution in [-0.2, 0) is 11.2 Å². The lowest BCUT2D eigenvalue weighted by Gasteiger charge is -2.11. The van der Waals surface area contributed by atoms with Crippen LogP contribution in [-0.4, -0.2) is 5.91 Å². The van der Waals surface area contributed by atoms with Gasteiger partial charge in [-0.3, -0.25) is 4.79 Å². The van der Waals surface area contributed by atoms with Crippen LogP contribution >= 0.6 is 0 Å². The molecule has 1 atom stereocenters. The van der Waals surface area contributed by atoms with Crippen molar-refractivity contribution in [2.75, 3.05) is 5.32 Å².